The van der Waals surface area contributed by atoms with Gasteiger partial charge in [-0.1, -0.05) is 39.0 Å². The molecular formula is C16H24N4O. The highest BCUT2D eigenvalue weighted by atomic mass is 16.1. The number of nitrogens with zero attached hydrogens (tertiary/aromatic N) is 3. The Balaban J connectivity index is 2.16. The van der Waals surface area contributed by atoms with Crippen molar-refractivity contribution >= 4 is 5.91 Å². The second kappa shape index (κ2) is 6.75. The van der Waals surface area contributed by atoms with Gasteiger partial charge in [0.1, 0.15) is 5.54 Å². The van der Waals surface area contributed by atoms with Crippen LogP contribution in [0.3, 0.4) is 0 Å². The van der Waals surface area contributed by atoms with Gasteiger partial charge in [-0.05, 0) is 19.3 Å². The fourth-order valence-corrected chi connectivity index (χ4v) is 3.04. The first-order chi connectivity index (χ1) is 10.1. The van der Waals surface area contributed by atoms with Crippen LogP contribution in [0, 0.1) is 11.3 Å². The van der Waals surface area contributed by atoms with Crippen molar-refractivity contribution in [2.75, 3.05) is 0 Å². The van der Waals surface area contributed by atoms with E-state index >= 15 is 0 Å². The molecule has 1 heterocycles. The van der Waals surface area contributed by atoms with Crippen LogP contribution >= 0.6 is 0 Å². The predicted molar refractivity (Wildman–Crippen MR) is 80.7 cm³/mol. The van der Waals surface area contributed by atoms with Gasteiger partial charge in [0.15, 0.2) is 0 Å². The van der Waals surface area contributed by atoms with Gasteiger partial charge >= 0.3 is 0 Å². The van der Waals surface area contributed by atoms with E-state index in [1.165, 1.54) is 6.42 Å². The van der Waals surface area contributed by atoms with Crippen molar-refractivity contribution in [2.45, 2.75) is 63.8 Å². The van der Waals surface area contributed by atoms with E-state index in [0.29, 0.717) is 12.0 Å². The van der Waals surface area contributed by atoms with E-state index < -0.39 is 5.54 Å². The number of amides is 1. The Morgan fingerprint density at radius 1 is 1.38 bits per heavy atom. The average molecular weight is 288 g/mol. The predicted octanol–water partition coefficient (Wildman–Crippen LogP) is 2.72. The van der Waals surface area contributed by atoms with E-state index in [1.54, 1.807) is 10.9 Å². The van der Waals surface area contributed by atoms with Gasteiger partial charge in [0.25, 0.3) is 5.91 Å². The van der Waals surface area contributed by atoms with Gasteiger partial charge in [0.2, 0.25) is 0 Å². The van der Waals surface area contributed by atoms with E-state index in [2.05, 4.69) is 16.5 Å². The van der Waals surface area contributed by atoms with Crippen LogP contribution in [0.1, 0.15) is 67.9 Å². The van der Waals surface area contributed by atoms with Gasteiger partial charge in [0, 0.05) is 13.2 Å². The first-order valence-electron chi connectivity index (χ1n) is 7.86. The molecule has 1 N–H and O–H groups in total. The van der Waals surface area contributed by atoms with Crippen LogP contribution < -0.4 is 5.32 Å². The van der Waals surface area contributed by atoms with Crippen LogP contribution in [0.4, 0.5) is 0 Å². The summed E-state index contributed by atoms with van der Waals surface area (Å²) in [5.74, 6) is -0.165. The van der Waals surface area contributed by atoms with Gasteiger partial charge in [-0.3, -0.25) is 9.48 Å². The number of carbonyl (C=O) groups is 1. The lowest BCUT2D eigenvalue weighted by atomic mass is 9.85. The number of nitriles is 1. The van der Waals surface area contributed by atoms with E-state index in [9.17, 15) is 10.1 Å². The van der Waals surface area contributed by atoms with Crippen molar-refractivity contribution < 1.29 is 4.79 Å². The quantitative estimate of drug-likeness (QED) is 0.929. The Bertz CT molecular complexity index is 533. The number of aryl methyl sites for hydroxylation is 2. The highest BCUT2D eigenvalue weighted by Gasteiger charge is 2.33. The Morgan fingerprint density at radius 3 is 2.57 bits per heavy atom. The maximum atomic E-state index is 12.6. The molecule has 21 heavy (non-hydrogen) atoms. The van der Waals surface area contributed by atoms with E-state index in [1.807, 2.05) is 14.0 Å². The molecule has 5 nitrogen and oxygen atoms in total. The lowest BCUT2D eigenvalue weighted by Gasteiger charge is -2.29. The van der Waals surface area contributed by atoms with Crippen LogP contribution in [0.5, 0.6) is 0 Å². The molecule has 0 bridgehead atoms. The largest absolute Gasteiger partial charge is 0.334 e. The molecule has 0 radical (unpaired) electrons. The maximum absolute atomic E-state index is 12.6. The molecule has 1 fully saturated rings. The molecule has 1 aliphatic carbocycles. The Hall–Kier alpha value is -1.83. The van der Waals surface area contributed by atoms with Gasteiger partial charge in [-0.15, -0.1) is 0 Å². The molecule has 2 rings (SSSR count). The molecule has 114 valence electrons. The smallest absolute Gasteiger partial charge is 0.256 e. The summed E-state index contributed by atoms with van der Waals surface area (Å²) in [6.07, 6.45) is 9.47. The van der Waals surface area contributed by atoms with Crippen molar-refractivity contribution in [1.82, 2.24) is 15.1 Å². The van der Waals surface area contributed by atoms with Crippen molar-refractivity contribution in [3.8, 4) is 6.07 Å². The van der Waals surface area contributed by atoms with Crippen LogP contribution in [-0.2, 0) is 13.5 Å². The second-order valence-corrected chi connectivity index (χ2v) is 5.93. The zero-order chi connectivity index (χ0) is 15.3. The van der Waals surface area contributed by atoms with Crippen LogP contribution in [-0.4, -0.2) is 21.2 Å². The molecule has 0 aromatic carbocycles. The summed E-state index contributed by atoms with van der Waals surface area (Å²) in [6.45, 7) is 1.98. The van der Waals surface area contributed by atoms with Gasteiger partial charge < -0.3 is 5.32 Å². The van der Waals surface area contributed by atoms with Crippen LogP contribution in [0.2, 0.25) is 0 Å². The highest BCUT2D eigenvalue weighted by Crippen LogP contribution is 2.26. The Morgan fingerprint density at radius 2 is 2.00 bits per heavy atom. The summed E-state index contributed by atoms with van der Waals surface area (Å²) in [5, 5.41) is 16.9. The number of aromatic nitrogens is 2. The van der Waals surface area contributed by atoms with Crippen LogP contribution in [0.15, 0.2) is 6.20 Å². The summed E-state index contributed by atoms with van der Waals surface area (Å²) in [4.78, 5) is 12.6. The summed E-state index contributed by atoms with van der Waals surface area (Å²) >= 11 is 0. The monoisotopic (exact) mass is 288 g/mol. The minimum absolute atomic E-state index is 0.165. The van der Waals surface area contributed by atoms with E-state index in [4.69, 9.17) is 0 Å². The first kappa shape index (κ1) is 15.6. The number of nitrogens with one attached hydrogen (secondary N) is 1. The molecule has 1 amide bonds. The molecule has 0 spiro atoms. The summed E-state index contributed by atoms with van der Waals surface area (Å²) < 4.78 is 1.66. The van der Waals surface area contributed by atoms with Crippen molar-refractivity contribution in [1.29, 1.82) is 5.26 Å². The number of hydrogen-bond acceptors (Lipinski definition) is 3. The van der Waals surface area contributed by atoms with Crippen molar-refractivity contribution in [3.05, 3.63) is 17.5 Å². The normalized spacial score (nSPS) is 18.3. The van der Waals surface area contributed by atoms with E-state index in [0.717, 1.165) is 44.2 Å². The third kappa shape index (κ3) is 3.63. The van der Waals surface area contributed by atoms with Crippen molar-refractivity contribution in [3.63, 3.8) is 0 Å². The second-order valence-electron chi connectivity index (χ2n) is 5.93. The number of carbonyl (C=O) groups excluding carboxylic acids is 1. The lowest BCUT2D eigenvalue weighted by molar-refractivity contribution is 0.0906. The third-order valence-corrected chi connectivity index (χ3v) is 4.26. The van der Waals surface area contributed by atoms with Gasteiger partial charge in [-0.25, -0.2) is 0 Å². The zero-order valence-electron chi connectivity index (χ0n) is 13.0. The van der Waals surface area contributed by atoms with E-state index in [-0.39, 0.29) is 5.91 Å². The highest BCUT2D eigenvalue weighted by molar-refractivity contribution is 5.95. The molecule has 0 atom stereocenters. The molecule has 1 aliphatic rings. The average Bonchev–Trinajstić information content (AvgIpc) is 2.83. The molecule has 0 aliphatic heterocycles. The summed E-state index contributed by atoms with van der Waals surface area (Å²) in [5.41, 5.74) is 0.670. The number of rotatable bonds is 3. The SMILES string of the molecule is CCc1nn(C)cc1C(=O)NC1(C#N)CCCCCCC1. The molecule has 1 aromatic rings. The van der Waals surface area contributed by atoms with Crippen molar-refractivity contribution in [2.24, 2.45) is 7.05 Å². The summed E-state index contributed by atoms with van der Waals surface area (Å²) in [6, 6.07) is 2.37. The standard InChI is InChI=1S/C16H24N4O/c1-3-14-13(11-20(2)19-14)15(21)18-16(12-17)9-7-5-4-6-8-10-16/h11H,3-10H2,1-2H3,(H,18,21). The molecular weight excluding hydrogens is 264 g/mol. The maximum Gasteiger partial charge on any atom is 0.256 e. The molecule has 0 unspecified atom stereocenters. The zero-order valence-corrected chi connectivity index (χ0v) is 13.0. The third-order valence-electron chi connectivity index (χ3n) is 4.26. The van der Waals surface area contributed by atoms with Gasteiger partial charge in [-0.2, -0.15) is 10.4 Å². The summed E-state index contributed by atoms with van der Waals surface area (Å²) in [7, 11) is 1.81. The molecule has 0 saturated heterocycles. The lowest BCUT2D eigenvalue weighted by Crippen LogP contribution is -2.47. The topological polar surface area (TPSA) is 70.7 Å². The Kier molecular flexibility index (Phi) is 5.00. The Labute approximate surface area is 126 Å². The molecule has 5 heteroatoms. The first-order valence-corrected chi connectivity index (χ1v) is 7.86. The fourth-order valence-electron chi connectivity index (χ4n) is 3.04. The fraction of sp³-hybridized carbons (Fsp3) is 0.688. The molecule has 1 saturated carbocycles. The molecule has 1 aromatic heterocycles. The minimum Gasteiger partial charge on any atom is -0.334 e. The van der Waals surface area contributed by atoms with Crippen LogP contribution in [0.25, 0.3) is 0 Å². The van der Waals surface area contributed by atoms with Gasteiger partial charge in [0.05, 0.1) is 17.3 Å². The minimum atomic E-state index is -0.710. The number of hydrogen-bond donors (Lipinski definition) is 1.